The van der Waals surface area contributed by atoms with E-state index in [4.69, 9.17) is 5.11 Å². The van der Waals surface area contributed by atoms with E-state index in [1.165, 1.54) is 12.1 Å². The van der Waals surface area contributed by atoms with Gasteiger partial charge >= 0.3 is 11.7 Å². The average molecular weight is 270 g/mol. The zero-order valence-corrected chi connectivity index (χ0v) is 10.2. The lowest BCUT2D eigenvalue weighted by Crippen LogP contribution is -1.99. The van der Waals surface area contributed by atoms with Gasteiger partial charge in [0.15, 0.2) is 5.65 Å². The van der Waals surface area contributed by atoms with Crippen LogP contribution >= 0.6 is 0 Å². The highest BCUT2D eigenvalue weighted by molar-refractivity contribution is 5.89. The maximum absolute atomic E-state index is 11.1. The van der Waals surface area contributed by atoms with Gasteiger partial charge in [-0.3, -0.25) is 4.98 Å². The van der Waals surface area contributed by atoms with Gasteiger partial charge in [-0.2, -0.15) is 0 Å². The van der Waals surface area contributed by atoms with Crippen molar-refractivity contribution in [2.45, 2.75) is 0 Å². The second-order valence-electron chi connectivity index (χ2n) is 4.21. The third-order valence-electron chi connectivity index (χ3n) is 2.77. The number of hydrogen-bond acceptors (Lipinski definition) is 4. The quantitative estimate of drug-likeness (QED) is 0.578. The molecule has 1 aromatic carbocycles. The van der Waals surface area contributed by atoms with Crippen LogP contribution in [0.2, 0.25) is 0 Å². The van der Waals surface area contributed by atoms with Crippen LogP contribution in [0, 0.1) is 0 Å². The summed E-state index contributed by atoms with van der Waals surface area (Å²) in [6.45, 7) is 0. The van der Waals surface area contributed by atoms with E-state index in [2.05, 4.69) is 20.3 Å². The van der Waals surface area contributed by atoms with Crippen LogP contribution in [-0.2, 0) is 0 Å². The predicted molar refractivity (Wildman–Crippen MR) is 73.4 cm³/mol. The van der Waals surface area contributed by atoms with Crippen molar-refractivity contribution >= 4 is 28.5 Å². The van der Waals surface area contributed by atoms with Crippen molar-refractivity contribution in [2.24, 2.45) is 0 Å². The van der Waals surface area contributed by atoms with Gasteiger partial charge in [0.2, 0.25) is 0 Å². The molecule has 3 rings (SSSR count). The molecule has 4 N–H and O–H groups in total. The molecule has 7 nitrogen and oxygen atoms in total. The van der Waals surface area contributed by atoms with Crippen LogP contribution in [0.1, 0.15) is 10.4 Å². The molecule has 0 aliphatic heterocycles. The molecular weight excluding hydrogens is 260 g/mol. The molecule has 7 heteroatoms. The molecule has 0 fully saturated rings. The molecular formula is C13H10N4O3. The summed E-state index contributed by atoms with van der Waals surface area (Å²) in [5.41, 5.74) is 2.20. The van der Waals surface area contributed by atoms with E-state index in [9.17, 15) is 9.59 Å². The number of hydrogen-bond donors (Lipinski definition) is 4. The highest BCUT2D eigenvalue weighted by atomic mass is 16.4. The summed E-state index contributed by atoms with van der Waals surface area (Å²) in [5, 5.41) is 12.0. The Labute approximate surface area is 112 Å². The van der Waals surface area contributed by atoms with Crippen molar-refractivity contribution in [2.75, 3.05) is 5.32 Å². The van der Waals surface area contributed by atoms with Gasteiger partial charge in [0.05, 0.1) is 23.0 Å². The Morgan fingerprint density at radius 3 is 2.85 bits per heavy atom. The molecule has 3 aromatic rings. The normalized spacial score (nSPS) is 10.6. The van der Waals surface area contributed by atoms with Gasteiger partial charge in [-0.1, -0.05) is 6.07 Å². The van der Waals surface area contributed by atoms with E-state index in [0.29, 0.717) is 22.5 Å². The van der Waals surface area contributed by atoms with Crippen LogP contribution in [0.25, 0.3) is 11.2 Å². The molecule has 0 bridgehead atoms. The summed E-state index contributed by atoms with van der Waals surface area (Å²) in [6, 6.07) is 8.14. The first-order chi connectivity index (χ1) is 9.61. The molecule has 0 amide bonds. The van der Waals surface area contributed by atoms with Crippen LogP contribution in [0.15, 0.2) is 41.3 Å². The van der Waals surface area contributed by atoms with E-state index < -0.39 is 5.97 Å². The standard InChI is InChI=1S/C13H10N4O3/c18-12(19)7-2-1-3-8(4-7)15-9-5-10-11(14-6-9)17-13(20)16-10/h1-6,15H,(H,18,19)(H2,14,16,17,20). The summed E-state index contributed by atoms with van der Waals surface area (Å²) >= 11 is 0. The fraction of sp³-hybridized carbons (Fsp3) is 0. The van der Waals surface area contributed by atoms with Gasteiger partial charge < -0.3 is 15.4 Å². The number of H-pyrrole nitrogens is 2. The number of anilines is 2. The molecule has 100 valence electrons. The zero-order valence-electron chi connectivity index (χ0n) is 10.2. The second kappa shape index (κ2) is 4.54. The lowest BCUT2D eigenvalue weighted by Gasteiger charge is -2.06. The highest BCUT2D eigenvalue weighted by Crippen LogP contribution is 2.19. The minimum Gasteiger partial charge on any atom is -0.478 e. The molecule has 0 aliphatic carbocycles. The number of pyridine rings is 1. The third kappa shape index (κ3) is 2.24. The van der Waals surface area contributed by atoms with Gasteiger partial charge in [0, 0.05) is 5.69 Å². The molecule has 2 aromatic heterocycles. The number of aromatic carboxylic acids is 1. The summed E-state index contributed by atoms with van der Waals surface area (Å²) in [5.74, 6) is -0.989. The number of aromatic amines is 2. The van der Waals surface area contributed by atoms with Crippen LogP contribution in [0.4, 0.5) is 11.4 Å². The first-order valence-electron chi connectivity index (χ1n) is 5.80. The lowest BCUT2D eigenvalue weighted by atomic mass is 10.2. The van der Waals surface area contributed by atoms with Crippen molar-refractivity contribution in [1.29, 1.82) is 0 Å². The molecule has 0 atom stereocenters. The second-order valence-corrected chi connectivity index (χ2v) is 4.21. The summed E-state index contributed by atoms with van der Waals surface area (Å²) in [4.78, 5) is 31.3. The summed E-state index contributed by atoms with van der Waals surface area (Å²) in [6.07, 6.45) is 1.56. The van der Waals surface area contributed by atoms with Gasteiger partial charge in [-0.15, -0.1) is 0 Å². The average Bonchev–Trinajstić information content (AvgIpc) is 2.78. The molecule has 0 radical (unpaired) electrons. The maximum atomic E-state index is 11.1. The van der Waals surface area contributed by atoms with Crippen molar-refractivity contribution in [1.82, 2.24) is 15.0 Å². The number of fused-ring (bicyclic) bond motifs is 1. The Bertz CT molecular complexity index is 850. The number of carboxylic acids is 1. The monoisotopic (exact) mass is 270 g/mol. The lowest BCUT2D eigenvalue weighted by molar-refractivity contribution is 0.0697. The van der Waals surface area contributed by atoms with Crippen molar-refractivity contribution in [3.63, 3.8) is 0 Å². The minimum absolute atomic E-state index is 0.194. The smallest absolute Gasteiger partial charge is 0.335 e. The molecule has 0 aliphatic rings. The number of carboxylic acid groups (broad SMARTS) is 1. The Hall–Kier alpha value is -3.09. The molecule has 20 heavy (non-hydrogen) atoms. The summed E-state index contributed by atoms with van der Waals surface area (Å²) in [7, 11) is 0. The van der Waals surface area contributed by atoms with E-state index in [1.54, 1.807) is 24.4 Å². The van der Waals surface area contributed by atoms with E-state index in [0.717, 1.165) is 0 Å². The van der Waals surface area contributed by atoms with E-state index in [1.807, 2.05) is 0 Å². The Balaban J connectivity index is 1.94. The number of rotatable bonds is 3. The van der Waals surface area contributed by atoms with Crippen molar-refractivity contribution < 1.29 is 9.90 Å². The van der Waals surface area contributed by atoms with Gasteiger partial charge in [-0.05, 0) is 24.3 Å². The summed E-state index contributed by atoms with van der Waals surface area (Å²) < 4.78 is 0. The van der Waals surface area contributed by atoms with Crippen LogP contribution < -0.4 is 11.0 Å². The molecule has 0 unspecified atom stereocenters. The van der Waals surface area contributed by atoms with Crippen LogP contribution in [0.3, 0.4) is 0 Å². The van der Waals surface area contributed by atoms with Gasteiger partial charge in [-0.25, -0.2) is 14.6 Å². The highest BCUT2D eigenvalue weighted by Gasteiger charge is 2.05. The number of aromatic nitrogens is 3. The first kappa shape index (κ1) is 12.0. The largest absolute Gasteiger partial charge is 0.478 e. The number of carbonyl (C=O) groups is 1. The maximum Gasteiger partial charge on any atom is 0.335 e. The predicted octanol–water partition coefficient (Wildman–Crippen LogP) is 1.69. The van der Waals surface area contributed by atoms with Crippen molar-refractivity contribution in [3.8, 4) is 0 Å². The topological polar surface area (TPSA) is 111 Å². The zero-order chi connectivity index (χ0) is 14.1. The van der Waals surface area contributed by atoms with Crippen LogP contribution in [0.5, 0.6) is 0 Å². The fourth-order valence-electron chi connectivity index (χ4n) is 1.89. The van der Waals surface area contributed by atoms with Gasteiger partial charge in [0.1, 0.15) is 0 Å². The Morgan fingerprint density at radius 2 is 2.05 bits per heavy atom. The molecule has 0 saturated carbocycles. The molecule has 0 spiro atoms. The fourth-order valence-corrected chi connectivity index (χ4v) is 1.89. The van der Waals surface area contributed by atoms with Crippen molar-refractivity contribution in [3.05, 3.63) is 52.6 Å². The Morgan fingerprint density at radius 1 is 1.20 bits per heavy atom. The van der Waals surface area contributed by atoms with E-state index in [-0.39, 0.29) is 11.3 Å². The SMILES string of the molecule is O=C(O)c1cccc(Nc2cnc3[nH]c(=O)[nH]c3c2)c1. The number of nitrogens with one attached hydrogen (secondary N) is 3. The third-order valence-corrected chi connectivity index (χ3v) is 2.77. The number of benzene rings is 1. The number of imidazole rings is 1. The minimum atomic E-state index is -0.989. The molecule has 2 heterocycles. The van der Waals surface area contributed by atoms with E-state index >= 15 is 0 Å². The Kier molecular flexibility index (Phi) is 2.72. The first-order valence-corrected chi connectivity index (χ1v) is 5.80. The van der Waals surface area contributed by atoms with Crippen LogP contribution in [-0.4, -0.2) is 26.0 Å². The number of nitrogens with zero attached hydrogens (tertiary/aromatic N) is 1. The van der Waals surface area contributed by atoms with Gasteiger partial charge in [0.25, 0.3) is 0 Å². The molecule has 0 saturated heterocycles.